The van der Waals surface area contributed by atoms with Gasteiger partial charge in [0.05, 0.1) is 0 Å². The van der Waals surface area contributed by atoms with Crippen LogP contribution < -0.4 is 16.2 Å². The van der Waals surface area contributed by atoms with E-state index in [9.17, 15) is 4.79 Å². The highest BCUT2D eigenvalue weighted by atomic mass is 16.5. The van der Waals surface area contributed by atoms with Crippen LogP contribution in [0.25, 0.3) is 0 Å². The summed E-state index contributed by atoms with van der Waals surface area (Å²) in [5.74, 6) is 0.319. The van der Waals surface area contributed by atoms with Gasteiger partial charge in [0.25, 0.3) is 0 Å². The van der Waals surface area contributed by atoms with E-state index < -0.39 is 5.91 Å². The number of nitrogen functional groups attached to an aromatic ring is 1. The van der Waals surface area contributed by atoms with Gasteiger partial charge in [-0.2, -0.15) is 0 Å². The highest BCUT2D eigenvalue weighted by Crippen LogP contribution is 2.20. The van der Waals surface area contributed by atoms with E-state index >= 15 is 0 Å². The van der Waals surface area contributed by atoms with Crippen molar-refractivity contribution in [2.75, 3.05) is 5.73 Å². The molecule has 0 aliphatic rings. The number of primary amides is 1. The molecule has 0 aliphatic carbocycles. The molecule has 1 amide bonds. The van der Waals surface area contributed by atoms with E-state index in [1.807, 2.05) is 26.0 Å². The van der Waals surface area contributed by atoms with Gasteiger partial charge in [-0.05, 0) is 49.2 Å². The molecule has 2 aromatic carbocycles. The standard InChI is InChI=1S/C16H18N2O2/c1-10-5-11(2)7-14(6-10)20-9-13-4-3-12(16(18)19)8-15(13)17/h3-8H,9,17H2,1-2H3,(H2,18,19). The molecule has 0 fully saturated rings. The van der Waals surface area contributed by atoms with Gasteiger partial charge in [-0.1, -0.05) is 12.1 Å². The molecule has 2 rings (SSSR count). The molecule has 0 atom stereocenters. The van der Waals surface area contributed by atoms with Crippen molar-refractivity contribution in [1.82, 2.24) is 0 Å². The van der Waals surface area contributed by atoms with Gasteiger partial charge in [0.15, 0.2) is 0 Å². The average molecular weight is 270 g/mol. The Morgan fingerprint density at radius 3 is 2.30 bits per heavy atom. The number of hydrogen-bond acceptors (Lipinski definition) is 3. The van der Waals surface area contributed by atoms with E-state index in [1.165, 1.54) is 0 Å². The van der Waals surface area contributed by atoms with Gasteiger partial charge in [0, 0.05) is 16.8 Å². The molecule has 20 heavy (non-hydrogen) atoms. The highest BCUT2D eigenvalue weighted by Gasteiger charge is 2.06. The molecule has 0 aromatic heterocycles. The number of hydrogen-bond donors (Lipinski definition) is 2. The number of nitrogens with two attached hydrogens (primary N) is 2. The van der Waals surface area contributed by atoms with E-state index in [2.05, 4.69) is 6.07 Å². The molecule has 0 unspecified atom stereocenters. The lowest BCUT2D eigenvalue weighted by Crippen LogP contribution is -2.12. The van der Waals surface area contributed by atoms with Crippen molar-refractivity contribution >= 4 is 11.6 Å². The molecule has 0 heterocycles. The fraction of sp³-hybridized carbons (Fsp3) is 0.188. The number of carbonyl (C=O) groups excluding carboxylic acids is 1. The Kier molecular flexibility index (Phi) is 3.94. The Bertz CT molecular complexity index is 631. The molecule has 104 valence electrons. The van der Waals surface area contributed by atoms with Gasteiger partial charge < -0.3 is 16.2 Å². The maximum Gasteiger partial charge on any atom is 0.248 e. The van der Waals surface area contributed by atoms with Crippen molar-refractivity contribution in [3.05, 3.63) is 58.7 Å². The maximum absolute atomic E-state index is 11.1. The fourth-order valence-corrected chi connectivity index (χ4v) is 2.06. The second kappa shape index (κ2) is 5.65. The Balaban J connectivity index is 2.12. The third-order valence-electron chi connectivity index (χ3n) is 3.02. The molecular formula is C16H18N2O2. The van der Waals surface area contributed by atoms with Crippen molar-refractivity contribution in [3.63, 3.8) is 0 Å². The van der Waals surface area contributed by atoms with Crippen LogP contribution in [0.1, 0.15) is 27.0 Å². The molecule has 0 saturated carbocycles. The SMILES string of the molecule is Cc1cc(C)cc(OCc2ccc(C(N)=O)cc2N)c1. The van der Waals surface area contributed by atoms with E-state index in [-0.39, 0.29) is 0 Å². The highest BCUT2D eigenvalue weighted by molar-refractivity contribution is 5.93. The van der Waals surface area contributed by atoms with E-state index in [0.29, 0.717) is 17.9 Å². The summed E-state index contributed by atoms with van der Waals surface area (Å²) in [4.78, 5) is 11.1. The quantitative estimate of drug-likeness (QED) is 0.838. The molecule has 2 aromatic rings. The van der Waals surface area contributed by atoms with Crippen LogP contribution >= 0.6 is 0 Å². The molecule has 0 spiro atoms. The minimum atomic E-state index is -0.488. The zero-order chi connectivity index (χ0) is 14.7. The molecule has 4 N–H and O–H groups in total. The van der Waals surface area contributed by atoms with Gasteiger partial charge >= 0.3 is 0 Å². The zero-order valence-corrected chi connectivity index (χ0v) is 11.6. The van der Waals surface area contributed by atoms with Crippen LogP contribution in [0, 0.1) is 13.8 Å². The lowest BCUT2D eigenvalue weighted by Gasteiger charge is -2.10. The summed E-state index contributed by atoms with van der Waals surface area (Å²) >= 11 is 0. The smallest absolute Gasteiger partial charge is 0.248 e. The number of carbonyl (C=O) groups is 1. The zero-order valence-electron chi connectivity index (χ0n) is 11.6. The van der Waals surface area contributed by atoms with Crippen molar-refractivity contribution in [1.29, 1.82) is 0 Å². The van der Waals surface area contributed by atoms with Gasteiger partial charge in [0.1, 0.15) is 12.4 Å². The summed E-state index contributed by atoms with van der Waals surface area (Å²) in [6, 6.07) is 11.0. The Labute approximate surface area is 118 Å². The van der Waals surface area contributed by atoms with E-state index in [1.54, 1.807) is 18.2 Å². The lowest BCUT2D eigenvalue weighted by atomic mass is 10.1. The Hall–Kier alpha value is -2.49. The van der Waals surface area contributed by atoms with Crippen molar-refractivity contribution in [2.45, 2.75) is 20.5 Å². The van der Waals surface area contributed by atoms with Crippen LogP contribution in [-0.4, -0.2) is 5.91 Å². The van der Waals surface area contributed by atoms with Crippen LogP contribution in [0.4, 0.5) is 5.69 Å². The molecule has 0 radical (unpaired) electrons. The molecule has 0 aliphatic heterocycles. The summed E-state index contributed by atoms with van der Waals surface area (Å²) < 4.78 is 5.74. The van der Waals surface area contributed by atoms with Crippen molar-refractivity contribution in [2.24, 2.45) is 5.73 Å². The summed E-state index contributed by atoms with van der Waals surface area (Å²) in [6.45, 7) is 4.40. The fourth-order valence-electron chi connectivity index (χ4n) is 2.06. The van der Waals surface area contributed by atoms with Gasteiger partial charge in [-0.3, -0.25) is 4.79 Å². The van der Waals surface area contributed by atoms with E-state index in [4.69, 9.17) is 16.2 Å². The van der Waals surface area contributed by atoms with Crippen LogP contribution in [0.2, 0.25) is 0 Å². The number of ether oxygens (including phenoxy) is 1. The van der Waals surface area contributed by atoms with Crippen molar-refractivity contribution in [3.8, 4) is 5.75 Å². The number of anilines is 1. The topological polar surface area (TPSA) is 78.3 Å². The largest absolute Gasteiger partial charge is 0.489 e. The van der Waals surface area contributed by atoms with Crippen molar-refractivity contribution < 1.29 is 9.53 Å². The third kappa shape index (κ3) is 3.29. The van der Waals surface area contributed by atoms with Gasteiger partial charge in [-0.15, -0.1) is 0 Å². The molecule has 4 heteroatoms. The number of benzene rings is 2. The van der Waals surface area contributed by atoms with Crippen LogP contribution in [0.5, 0.6) is 5.75 Å². The predicted octanol–water partition coefficient (Wildman–Crippen LogP) is 2.56. The van der Waals surface area contributed by atoms with Crippen LogP contribution in [0.15, 0.2) is 36.4 Å². The second-order valence-electron chi connectivity index (χ2n) is 4.89. The third-order valence-corrected chi connectivity index (χ3v) is 3.02. The number of rotatable bonds is 4. The maximum atomic E-state index is 11.1. The van der Waals surface area contributed by atoms with Gasteiger partial charge in [-0.25, -0.2) is 0 Å². The average Bonchev–Trinajstić information content (AvgIpc) is 2.36. The van der Waals surface area contributed by atoms with Crippen LogP contribution in [-0.2, 0) is 6.61 Å². The van der Waals surface area contributed by atoms with E-state index in [0.717, 1.165) is 22.4 Å². The monoisotopic (exact) mass is 270 g/mol. The summed E-state index contributed by atoms with van der Waals surface area (Å²) in [7, 11) is 0. The Morgan fingerprint density at radius 2 is 1.75 bits per heavy atom. The molecular weight excluding hydrogens is 252 g/mol. The first-order chi connectivity index (χ1) is 9.45. The second-order valence-corrected chi connectivity index (χ2v) is 4.89. The normalized spacial score (nSPS) is 10.3. The minimum Gasteiger partial charge on any atom is -0.489 e. The first-order valence-electron chi connectivity index (χ1n) is 6.35. The molecule has 4 nitrogen and oxygen atoms in total. The summed E-state index contributed by atoms with van der Waals surface area (Å²) in [5.41, 5.74) is 15.1. The minimum absolute atomic E-state index is 0.355. The van der Waals surface area contributed by atoms with Gasteiger partial charge in [0.2, 0.25) is 5.91 Å². The predicted molar refractivity (Wildman–Crippen MR) is 79.6 cm³/mol. The first kappa shape index (κ1) is 13.9. The Morgan fingerprint density at radius 1 is 1.10 bits per heavy atom. The lowest BCUT2D eigenvalue weighted by molar-refractivity contribution is 0.100. The molecule has 0 saturated heterocycles. The summed E-state index contributed by atoms with van der Waals surface area (Å²) in [6.07, 6.45) is 0. The van der Waals surface area contributed by atoms with Crippen LogP contribution in [0.3, 0.4) is 0 Å². The number of amides is 1. The number of aryl methyl sites for hydroxylation is 2. The first-order valence-corrected chi connectivity index (χ1v) is 6.35. The molecule has 0 bridgehead atoms. The summed E-state index contributed by atoms with van der Waals surface area (Å²) in [5, 5.41) is 0.